The highest BCUT2D eigenvalue weighted by molar-refractivity contribution is 6.10. The standard InChI is InChI=1S/C18H21FN4O3/c1-9(2)15(17(24)22-26-8-10-3-4-10)23-7-12-13(19)6-21-16-14(12)11(5-20-16)18(23)25/h5-6,9-10,15H,3-4,7-8H2,1-2H3,(H,20,21)(H,22,24). The van der Waals surface area contributed by atoms with Crippen LogP contribution in [0.1, 0.15) is 42.6 Å². The van der Waals surface area contributed by atoms with Crippen LogP contribution in [0.4, 0.5) is 4.39 Å². The van der Waals surface area contributed by atoms with Crippen LogP contribution in [0.2, 0.25) is 0 Å². The lowest BCUT2D eigenvalue weighted by atomic mass is 9.95. The zero-order chi connectivity index (χ0) is 18.4. The summed E-state index contributed by atoms with van der Waals surface area (Å²) in [5.41, 5.74) is 3.65. The number of rotatable bonds is 6. The van der Waals surface area contributed by atoms with Gasteiger partial charge in [0.2, 0.25) is 0 Å². The second-order valence-electron chi connectivity index (χ2n) is 7.35. The smallest absolute Gasteiger partial charge is 0.266 e. The van der Waals surface area contributed by atoms with Gasteiger partial charge in [0.1, 0.15) is 17.5 Å². The third-order valence-electron chi connectivity index (χ3n) is 5.00. The van der Waals surface area contributed by atoms with Crippen LogP contribution in [0.3, 0.4) is 0 Å². The van der Waals surface area contributed by atoms with Crippen molar-refractivity contribution >= 4 is 22.8 Å². The van der Waals surface area contributed by atoms with Crippen molar-refractivity contribution in [3.63, 3.8) is 0 Å². The molecule has 26 heavy (non-hydrogen) atoms. The molecule has 1 atom stereocenters. The first-order valence-corrected chi connectivity index (χ1v) is 8.84. The van der Waals surface area contributed by atoms with Crippen LogP contribution < -0.4 is 5.48 Å². The number of hydroxylamine groups is 1. The van der Waals surface area contributed by atoms with Crippen LogP contribution in [0, 0.1) is 17.7 Å². The van der Waals surface area contributed by atoms with E-state index in [1.807, 2.05) is 13.8 Å². The minimum Gasteiger partial charge on any atom is -0.345 e. The molecule has 0 aromatic carbocycles. The first-order valence-electron chi connectivity index (χ1n) is 8.84. The maximum absolute atomic E-state index is 14.3. The molecule has 2 aromatic rings. The second-order valence-corrected chi connectivity index (χ2v) is 7.35. The lowest BCUT2D eigenvalue weighted by molar-refractivity contribution is -0.140. The van der Waals surface area contributed by atoms with Gasteiger partial charge < -0.3 is 9.88 Å². The molecular weight excluding hydrogens is 339 g/mol. The van der Waals surface area contributed by atoms with Crippen LogP contribution >= 0.6 is 0 Å². The Morgan fingerprint density at radius 3 is 2.96 bits per heavy atom. The van der Waals surface area contributed by atoms with Gasteiger partial charge in [-0.3, -0.25) is 14.4 Å². The highest BCUT2D eigenvalue weighted by Crippen LogP contribution is 2.33. The number of nitrogens with zero attached hydrogens (tertiary/aromatic N) is 2. The molecule has 8 heteroatoms. The van der Waals surface area contributed by atoms with Gasteiger partial charge in [-0.2, -0.15) is 0 Å². The van der Waals surface area contributed by atoms with Crippen molar-refractivity contribution in [3.8, 4) is 0 Å². The molecule has 1 fully saturated rings. The Hall–Kier alpha value is -2.48. The molecule has 2 aromatic heterocycles. The van der Waals surface area contributed by atoms with Crippen molar-refractivity contribution in [2.24, 2.45) is 11.8 Å². The number of nitrogens with one attached hydrogen (secondary N) is 2. The van der Waals surface area contributed by atoms with Crippen LogP contribution in [0.25, 0.3) is 11.0 Å². The minimum atomic E-state index is -0.757. The Labute approximate surface area is 149 Å². The molecule has 1 aliphatic carbocycles. The number of H-pyrrole nitrogens is 1. The maximum Gasteiger partial charge on any atom is 0.266 e. The Morgan fingerprint density at radius 2 is 2.27 bits per heavy atom. The molecule has 2 aliphatic rings. The van der Waals surface area contributed by atoms with E-state index in [1.165, 1.54) is 11.1 Å². The summed E-state index contributed by atoms with van der Waals surface area (Å²) in [6.07, 6.45) is 4.88. The molecule has 1 unspecified atom stereocenters. The Balaban J connectivity index is 1.61. The summed E-state index contributed by atoms with van der Waals surface area (Å²) >= 11 is 0. The fourth-order valence-electron chi connectivity index (χ4n) is 3.46. The summed E-state index contributed by atoms with van der Waals surface area (Å²) in [5, 5.41) is 0.499. The van der Waals surface area contributed by atoms with Gasteiger partial charge >= 0.3 is 0 Å². The highest BCUT2D eigenvalue weighted by atomic mass is 19.1. The monoisotopic (exact) mass is 360 g/mol. The van der Waals surface area contributed by atoms with E-state index in [1.54, 1.807) is 0 Å². The van der Waals surface area contributed by atoms with Crippen LogP contribution in [-0.2, 0) is 16.2 Å². The van der Waals surface area contributed by atoms with E-state index in [0.29, 0.717) is 34.7 Å². The van der Waals surface area contributed by atoms with Crippen molar-refractivity contribution in [3.05, 3.63) is 29.3 Å². The zero-order valence-electron chi connectivity index (χ0n) is 14.7. The first kappa shape index (κ1) is 17.0. The van der Waals surface area contributed by atoms with Gasteiger partial charge in [0.15, 0.2) is 0 Å². The van der Waals surface area contributed by atoms with Crippen molar-refractivity contribution in [2.75, 3.05) is 6.61 Å². The number of halogens is 1. The van der Waals surface area contributed by atoms with Gasteiger partial charge in [-0.05, 0) is 24.7 Å². The molecule has 0 radical (unpaired) electrons. The van der Waals surface area contributed by atoms with E-state index in [2.05, 4.69) is 15.4 Å². The van der Waals surface area contributed by atoms with E-state index >= 15 is 0 Å². The van der Waals surface area contributed by atoms with Crippen LogP contribution in [0.15, 0.2) is 12.4 Å². The molecule has 0 spiro atoms. The number of amides is 2. The molecule has 2 N–H and O–H groups in total. The maximum atomic E-state index is 14.3. The SMILES string of the molecule is CC(C)C(C(=O)NOCC1CC1)N1Cc2c(F)cnc3[nH]cc(c23)C1=O. The molecule has 7 nitrogen and oxygen atoms in total. The van der Waals surface area contributed by atoms with E-state index < -0.39 is 17.8 Å². The largest absolute Gasteiger partial charge is 0.345 e. The summed E-state index contributed by atoms with van der Waals surface area (Å²) < 4.78 is 14.3. The van der Waals surface area contributed by atoms with Gasteiger partial charge in [-0.15, -0.1) is 0 Å². The van der Waals surface area contributed by atoms with Crippen LogP contribution in [0.5, 0.6) is 0 Å². The van der Waals surface area contributed by atoms with Gasteiger partial charge in [-0.1, -0.05) is 13.8 Å². The van der Waals surface area contributed by atoms with Crippen molar-refractivity contribution < 1.29 is 18.8 Å². The average Bonchev–Trinajstić information content (AvgIpc) is 3.31. The number of aromatic nitrogens is 2. The van der Waals surface area contributed by atoms with Gasteiger partial charge in [0.25, 0.3) is 11.8 Å². The predicted octanol–water partition coefficient (Wildman–Crippen LogP) is 2.14. The minimum absolute atomic E-state index is 0.0213. The number of hydrogen-bond acceptors (Lipinski definition) is 4. The fourth-order valence-corrected chi connectivity index (χ4v) is 3.46. The van der Waals surface area contributed by atoms with E-state index in [-0.39, 0.29) is 18.4 Å². The summed E-state index contributed by atoms with van der Waals surface area (Å²) in [6.45, 7) is 4.20. The molecule has 3 heterocycles. The third kappa shape index (κ3) is 2.84. The van der Waals surface area contributed by atoms with Gasteiger partial charge in [0, 0.05) is 17.1 Å². The number of hydrogen-bond donors (Lipinski definition) is 2. The predicted molar refractivity (Wildman–Crippen MR) is 91.4 cm³/mol. The number of carbonyl (C=O) groups is 2. The van der Waals surface area contributed by atoms with Gasteiger partial charge in [-0.25, -0.2) is 14.9 Å². The molecule has 1 aliphatic heterocycles. The fraction of sp³-hybridized carbons (Fsp3) is 0.500. The third-order valence-corrected chi connectivity index (χ3v) is 5.00. The number of carbonyl (C=O) groups excluding carboxylic acids is 2. The summed E-state index contributed by atoms with van der Waals surface area (Å²) in [4.78, 5) is 39.2. The Kier molecular flexibility index (Phi) is 4.14. The number of aromatic amines is 1. The van der Waals surface area contributed by atoms with E-state index in [0.717, 1.165) is 19.0 Å². The van der Waals surface area contributed by atoms with Gasteiger partial charge in [0.05, 0.1) is 24.9 Å². The molecule has 0 saturated heterocycles. The van der Waals surface area contributed by atoms with Crippen molar-refractivity contribution in [1.29, 1.82) is 0 Å². The lowest BCUT2D eigenvalue weighted by Crippen LogP contribution is -2.53. The van der Waals surface area contributed by atoms with Crippen molar-refractivity contribution in [2.45, 2.75) is 39.3 Å². The molecular formula is C18H21FN4O3. The molecule has 0 bridgehead atoms. The first-order chi connectivity index (χ1) is 12.5. The average molecular weight is 360 g/mol. The summed E-state index contributed by atoms with van der Waals surface area (Å²) in [6, 6.07) is -0.757. The topological polar surface area (TPSA) is 87.3 Å². The van der Waals surface area contributed by atoms with E-state index in [9.17, 15) is 14.0 Å². The summed E-state index contributed by atoms with van der Waals surface area (Å²) in [7, 11) is 0. The Bertz CT molecular complexity index is 875. The molecule has 138 valence electrons. The summed E-state index contributed by atoms with van der Waals surface area (Å²) in [5.74, 6) is -0.843. The lowest BCUT2D eigenvalue weighted by Gasteiger charge is -2.35. The Morgan fingerprint density at radius 1 is 1.50 bits per heavy atom. The molecule has 2 amide bonds. The second kappa shape index (κ2) is 6.35. The van der Waals surface area contributed by atoms with Crippen LogP contribution in [-0.4, -0.2) is 39.3 Å². The zero-order valence-corrected chi connectivity index (χ0v) is 14.7. The van der Waals surface area contributed by atoms with Crippen molar-refractivity contribution in [1.82, 2.24) is 20.3 Å². The van der Waals surface area contributed by atoms with E-state index in [4.69, 9.17) is 4.84 Å². The normalized spacial score (nSPS) is 17.8. The number of pyridine rings is 1. The molecule has 1 saturated carbocycles. The molecule has 4 rings (SSSR count). The highest BCUT2D eigenvalue weighted by Gasteiger charge is 2.38. The quantitative estimate of drug-likeness (QED) is 0.773.